The molecule has 6 heteroatoms. The Balaban J connectivity index is 2.25. The standard InChI is InChI=1S/C13H8BrF2NO2/c14-10-5-7(15)1-4-12(10)17-13(19)9-3-2-8(18)6-11(9)16/h1-6,18H,(H,17,19). The molecule has 0 aliphatic rings. The molecule has 19 heavy (non-hydrogen) atoms. The molecule has 0 heterocycles. The summed E-state index contributed by atoms with van der Waals surface area (Å²) in [6.45, 7) is 0. The third-order valence-electron chi connectivity index (χ3n) is 2.38. The van der Waals surface area contributed by atoms with Crippen molar-refractivity contribution >= 4 is 27.5 Å². The minimum atomic E-state index is -0.837. The summed E-state index contributed by atoms with van der Waals surface area (Å²) in [5.74, 6) is -2.25. The highest BCUT2D eigenvalue weighted by molar-refractivity contribution is 9.10. The molecule has 0 fully saturated rings. The lowest BCUT2D eigenvalue weighted by molar-refractivity contribution is 0.102. The van der Waals surface area contributed by atoms with E-state index in [2.05, 4.69) is 21.2 Å². The minimum Gasteiger partial charge on any atom is -0.508 e. The second-order valence-electron chi connectivity index (χ2n) is 3.74. The Kier molecular flexibility index (Phi) is 3.80. The van der Waals surface area contributed by atoms with Gasteiger partial charge in [0.25, 0.3) is 5.91 Å². The number of benzene rings is 2. The van der Waals surface area contributed by atoms with Gasteiger partial charge in [0.2, 0.25) is 0 Å². The molecule has 0 saturated carbocycles. The number of rotatable bonds is 2. The summed E-state index contributed by atoms with van der Waals surface area (Å²) < 4.78 is 26.7. The molecule has 0 atom stereocenters. The minimum absolute atomic E-state index is 0.214. The van der Waals surface area contributed by atoms with Gasteiger partial charge < -0.3 is 10.4 Å². The van der Waals surface area contributed by atoms with Crippen molar-refractivity contribution in [1.29, 1.82) is 0 Å². The molecule has 0 bridgehead atoms. The van der Waals surface area contributed by atoms with Gasteiger partial charge in [-0.25, -0.2) is 8.78 Å². The third kappa shape index (κ3) is 3.08. The number of phenolic OH excluding ortho intramolecular Hbond substituents is 1. The van der Waals surface area contributed by atoms with Crippen LogP contribution in [0.15, 0.2) is 40.9 Å². The van der Waals surface area contributed by atoms with Crippen LogP contribution in [0, 0.1) is 11.6 Å². The second-order valence-corrected chi connectivity index (χ2v) is 4.60. The molecule has 98 valence electrons. The zero-order valence-electron chi connectivity index (χ0n) is 9.45. The van der Waals surface area contributed by atoms with Gasteiger partial charge in [-0.05, 0) is 46.3 Å². The highest BCUT2D eigenvalue weighted by Gasteiger charge is 2.13. The Morgan fingerprint density at radius 2 is 1.89 bits per heavy atom. The summed E-state index contributed by atoms with van der Waals surface area (Å²) in [5.41, 5.74) is 0.105. The summed E-state index contributed by atoms with van der Waals surface area (Å²) in [6, 6.07) is 6.93. The number of hydrogen-bond acceptors (Lipinski definition) is 2. The van der Waals surface area contributed by atoms with Gasteiger partial charge in [-0.1, -0.05) is 0 Å². The summed E-state index contributed by atoms with van der Waals surface area (Å²) in [6.07, 6.45) is 0. The molecule has 0 aliphatic carbocycles. The molecule has 0 saturated heterocycles. The normalized spacial score (nSPS) is 10.3. The van der Waals surface area contributed by atoms with Gasteiger partial charge in [0, 0.05) is 10.5 Å². The average Bonchev–Trinajstić information content (AvgIpc) is 2.32. The molecular formula is C13H8BrF2NO2. The quantitative estimate of drug-likeness (QED) is 0.883. The first-order valence-electron chi connectivity index (χ1n) is 5.22. The molecule has 0 aromatic heterocycles. The van der Waals surface area contributed by atoms with Crippen molar-refractivity contribution in [1.82, 2.24) is 0 Å². The SMILES string of the molecule is O=C(Nc1ccc(F)cc1Br)c1ccc(O)cc1F. The van der Waals surface area contributed by atoms with Gasteiger partial charge >= 0.3 is 0 Å². The monoisotopic (exact) mass is 327 g/mol. The highest BCUT2D eigenvalue weighted by Crippen LogP contribution is 2.24. The Labute approximate surface area is 116 Å². The van der Waals surface area contributed by atoms with E-state index in [-0.39, 0.29) is 11.3 Å². The van der Waals surface area contributed by atoms with Crippen molar-refractivity contribution in [3.8, 4) is 5.75 Å². The van der Waals surface area contributed by atoms with Crippen LogP contribution in [0.25, 0.3) is 0 Å². The zero-order chi connectivity index (χ0) is 14.0. The number of halogens is 3. The van der Waals surface area contributed by atoms with E-state index in [0.717, 1.165) is 12.1 Å². The van der Waals surface area contributed by atoms with Crippen LogP contribution in [0.3, 0.4) is 0 Å². The van der Waals surface area contributed by atoms with Crippen LogP contribution in [0.5, 0.6) is 5.75 Å². The maximum absolute atomic E-state index is 13.5. The molecule has 2 aromatic rings. The van der Waals surface area contributed by atoms with Crippen molar-refractivity contribution in [2.24, 2.45) is 0 Å². The van der Waals surface area contributed by atoms with Gasteiger partial charge in [0.1, 0.15) is 17.4 Å². The average molecular weight is 328 g/mol. The fourth-order valence-corrected chi connectivity index (χ4v) is 1.92. The van der Waals surface area contributed by atoms with E-state index >= 15 is 0 Å². The van der Waals surface area contributed by atoms with Crippen molar-refractivity contribution in [2.75, 3.05) is 5.32 Å². The van der Waals surface area contributed by atoms with Crippen LogP contribution in [-0.2, 0) is 0 Å². The third-order valence-corrected chi connectivity index (χ3v) is 3.03. The van der Waals surface area contributed by atoms with Gasteiger partial charge in [0.05, 0.1) is 11.3 Å². The topological polar surface area (TPSA) is 49.3 Å². The Morgan fingerprint density at radius 1 is 1.16 bits per heavy atom. The predicted molar refractivity (Wildman–Crippen MR) is 70.1 cm³/mol. The smallest absolute Gasteiger partial charge is 0.258 e. The van der Waals surface area contributed by atoms with Crippen molar-refractivity contribution in [2.45, 2.75) is 0 Å². The molecule has 2 aromatic carbocycles. The van der Waals surface area contributed by atoms with E-state index < -0.39 is 17.5 Å². The van der Waals surface area contributed by atoms with Crippen molar-refractivity contribution in [3.63, 3.8) is 0 Å². The van der Waals surface area contributed by atoms with Crippen LogP contribution in [0.2, 0.25) is 0 Å². The number of carbonyl (C=O) groups is 1. The van der Waals surface area contributed by atoms with Crippen LogP contribution in [0.4, 0.5) is 14.5 Å². The molecule has 3 nitrogen and oxygen atoms in total. The Hall–Kier alpha value is -1.95. The maximum atomic E-state index is 13.5. The summed E-state index contributed by atoms with van der Waals surface area (Å²) in [7, 11) is 0. The van der Waals surface area contributed by atoms with Crippen LogP contribution in [-0.4, -0.2) is 11.0 Å². The fourth-order valence-electron chi connectivity index (χ4n) is 1.47. The number of amides is 1. The molecule has 2 rings (SSSR count). The number of hydrogen-bond donors (Lipinski definition) is 2. The number of aromatic hydroxyl groups is 1. The first kappa shape index (κ1) is 13.5. The van der Waals surface area contributed by atoms with E-state index in [1.165, 1.54) is 24.3 Å². The lowest BCUT2D eigenvalue weighted by Crippen LogP contribution is -2.14. The van der Waals surface area contributed by atoms with E-state index in [1.807, 2.05) is 0 Å². The van der Waals surface area contributed by atoms with Crippen LogP contribution >= 0.6 is 15.9 Å². The van der Waals surface area contributed by atoms with Crippen molar-refractivity contribution in [3.05, 3.63) is 58.1 Å². The predicted octanol–water partition coefficient (Wildman–Crippen LogP) is 3.69. The molecule has 0 aliphatic heterocycles. The zero-order valence-corrected chi connectivity index (χ0v) is 11.0. The first-order valence-corrected chi connectivity index (χ1v) is 6.01. The van der Waals surface area contributed by atoms with E-state index in [1.54, 1.807) is 0 Å². The molecule has 2 N–H and O–H groups in total. The fraction of sp³-hybridized carbons (Fsp3) is 0. The second kappa shape index (κ2) is 5.36. The first-order chi connectivity index (χ1) is 8.97. The maximum Gasteiger partial charge on any atom is 0.258 e. The van der Waals surface area contributed by atoms with Gasteiger partial charge in [-0.15, -0.1) is 0 Å². The van der Waals surface area contributed by atoms with E-state index in [0.29, 0.717) is 10.2 Å². The Morgan fingerprint density at radius 3 is 2.53 bits per heavy atom. The summed E-state index contributed by atoms with van der Waals surface area (Å²) >= 11 is 3.09. The van der Waals surface area contributed by atoms with Gasteiger partial charge in [-0.2, -0.15) is 0 Å². The molecule has 0 unspecified atom stereocenters. The Bertz CT molecular complexity index is 647. The molecule has 0 spiro atoms. The number of carbonyl (C=O) groups excluding carboxylic acids is 1. The van der Waals surface area contributed by atoms with Crippen molar-refractivity contribution < 1.29 is 18.7 Å². The van der Waals surface area contributed by atoms with Gasteiger partial charge in [0.15, 0.2) is 0 Å². The lowest BCUT2D eigenvalue weighted by atomic mass is 10.2. The van der Waals surface area contributed by atoms with E-state index in [9.17, 15) is 13.6 Å². The molecule has 1 amide bonds. The number of anilines is 1. The van der Waals surface area contributed by atoms with E-state index in [4.69, 9.17) is 5.11 Å². The number of phenols is 1. The highest BCUT2D eigenvalue weighted by atomic mass is 79.9. The largest absolute Gasteiger partial charge is 0.508 e. The number of nitrogens with one attached hydrogen (secondary N) is 1. The molecule has 0 radical (unpaired) electrons. The van der Waals surface area contributed by atoms with Crippen LogP contribution < -0.4 is 5.32 Å². The summed E-state index contributed by atoms with van der Waals surface area (Å²) in [5, 5.41) is 11.5. The molecular weight excluding hydrogens is 320 g/mol. The van der Waals surface area contributed by atoms with Gasteiger partial charge in [-0.3, -0.25) is 4.79 Å². The van der Waals surface area contributed by atoms with Crippen LogP contribution in [0.1, 0.15) is 10.4 Å². The summed E-state index contributed by atoms with van der Waals surface area (Å²) in [4.78, 5) is 11.8. The lowest BCUT2D eigenvalue weighted by Gasteiger charge is -2.08.